The van der Waals surface area contributed by atoms with Gasteiger partial charge < -0.3 is 5.32 Å². The van der Waals surface area contributed by atoms with Crippen LogP contribution in [-0.2, 0) is 6.54 Å². The van der Waals surface area contributed by atoms with Gasteiger partial charge in [0.1, 0.15) is 0 Å². The second kappa shape index (κ2) is 3.80. The molecule has 0 aromatic heterocycles. The minimum absolute atomic E-state index is 0.285. The van der Waals surface area contributed by atoms with Gasteiger partial charge in [-0.1, -0.05) is 38.4 Å². The minimum Gasteiger partial charge on any atom is -0.312 e. The first-order valence-corrected chi connectivity index (χ1v) is 5.85. The Labute approximate surface area is 96.8 Å². The first kappa shape index (κ1) is 11.0. The van der Waals surface area contributed by atoms with Gasteiger partial charge in [-0.05, 0) is 28.7 Å². The normalized spacial score (nSPS) is 21.2. The number of benzene rings is 1. The zero-order valence-electron chi connectivity index (χ0n) is 9.60. The van der Waals surface area contributed by atoms with Crippen molar-refractivity contribution in [2.45, 2.75) is 33.2 Å². The van der Waals surface area contributed by atoms with E-state index in [2.05, 4.69) is 38.2 Å². The van der Waals surface area contributed by atoms with E-state index in [9.17, 15) is 0 Å². The Morgan fingerprint density at radius 2 is 2.07 bits per heavy atom. The second-order valence-corrected chi connectivity index (χ2v) is 5.83. The Kier molecular flexibility index (Phi) is 2.78. The van der Waals surface area contributed by atoms with Crippen molar-refractivity contribution in [3.8, 4) is 0 Å². The predicted octanol–water partition coefficient (Wildman–Crippen LogP) is 3.57. The van der Waals surface area contributed by atoms with E-state index in [0.717, 1.165) is 18.1 Å². The van der Waals surface area contributed by atoms with Gasteiger partial charge in [-0.3, -0.25) is 0 Å². The maximum absolute atomic E-state index is 6.07. The molecule has 0 saturated carbocycles. The number of hydrogen-bond acceptors (Lipinski definition) is 1. The molecule has 0 bridgehead atoms. The van der Waals surface area contributed by atoms with Gasteiger partial charge in [0, 0.05) is 24.0 Å². The van der Waals surface area contributed by atoms with Crippen LogP contribution in [0.3, 0.4) is 0 Å². The number of hydrogen-bond donors (Lipinski definition) is 1. The standard InChI is InChI=1S/C13H18ClN/c1-13(2,3)12-8-15-7-9-4-5-10(14)6-11(9)12/h4-6,12,15H,7-8H2,1-3H3. The van der Waals surface area contributed by atoms with E-state index in [1.807, 2.05) is 6.07 Å². The third kappa shape index (κ3) is 2.19. The highest BCUT2D eigenvalue weighted by molar-refractivity contribution is 6.30. The maximum atomic E-state index is 6.07. The number of nitrogens with one attached hydrogen (secondary N) is 1. The molecule has 15 heavy (non-hydrogen) atoms. The first-order chi connectivity index (χ1) is 6.98. The highest BCUT2D eigenvalue weighted by atomic mass is 35.5. The summed E-state index contributed by atoms with van der Waals surface area (Å²) in [7, 11) is 0. The highest BCUT2D eigenvalue weighted by Gasteiger charge is 2.30. The summed E-state index contributed by atoms with van der Waals surface area (Å²) in [6, 6.07) is 6.25. The highest BCUT2D eigenvalue weighted by Crippen LogP contribution is 2.39. The summed E-state index contributed by atoms with van der Waals surface area (Å²) in [4.78, 5) is 0. The van der Waals surface area contributed by atoms with Crippen molar-refractivity contribution in [3.05, 3.63) is 34.3 Å². The van der Waals surface area contributed by atoms with Crippen molar-refractivity contribution in [1.82, 2.24) is 5.32 Å². The van der Waals surface area contributed by atoms with Crippen LogP contribution in [0.2, 0.25) is 5.02 Å². The lowest BCUT2D eigenvalue weighted by atomic mass is 9.73. The van der Waals surface area contributed by atoms with Crippen molar-refractivity contribution in [1.29, 1.82) is 0 Å². The zero-order valence-corrected chi connectivity index (χ0v) is 10.4. The van der Waals surface area contributed by atoms with E-state index >= 15 is 0 Å². The van der Waals surface area contributed by atoms with Crippen LogP contribution in [0.4, 0.5) is 0 Å². The van der Waals surface area contributed by atoms with Crippen LogP contribution >= 0.6 is 11.6 Å². The predicted molar refractivity (Wildman–Crippen MR) is 65.4 cm³/mol. The minimum atomic E-state index is 0.285. The Balaban J connectivity index is 2.45. The van der Waals surface area contributed by atoms with Gasteiger partial charge in [0.2, 0.25) is 0 Å². The summed E-state index contributed by atoms with van der Waals surface area (Å²) < 4.78 is 0. The Morgan fingerprint density at radius 3 is 2.73 bits per heavy atom. The van der Waals surface area contributed by atoms with Gasteiger partial charge in [0.15, 0.2) is 0 Å². The number of rotatable bonds is 0. The Morgan fingerprint density at radius 1 is 1.33 bits per heavy atom. The molecule has 2 heteroatoms. The van der Waals surface area contributed by atoms with Gasteiger partial charge >= 0.3 is 0 Å². The molecule has 0 saturated heterocycles. The number of fused-ring (bicyclic) bond motifs is 1. The molecule has 0 aliphatic carbocycles. The van der Waals surface area contributed by atoms with Crippen molar-refractivity contribution in [2.24, 2.45) is 5.41 Å². The molecule has 1 aliphatic heterocycles. The summed E-state index contributed by atoms with van der Waals surface area (Å²) in [5.74, 6) is 0.556. The largest absolute Gasteiger partial charge is 0.312 e. The summed E-state index contributed by atoms with van der Waals surface area (Å²) in [6.45, 7) is 8.88. The SMILES string of the molecule is CC(C)(C)C1CNCc2ccc(Cl)cc21. The summed E-state index contributed by atoms with van der Waals surface area (Å²) >= 11 is 6.07. The van der Waals surface area contributed by atoms with E-state index in [1.54, 1.807) is 0 Å². The molecule has 82 valence electrons. The monoisotopic (exact) mass is 223 g/mol. The molecule has 0 amide bonds. The second-order valence-electron chi connectivity index (χ2n) is 5.39. The fraction of sp³-hybridized carbons (Fsp3) is 0.538. The van der Waals surface area contributed by atoms with Crippen molar-refractivity contribution >= 4 is 11.6 Å². The number of halogens is 1. The first-order valence-electron chi connectivity index (χ1n) is 5.47. The van der Waals surface area contributed by atoms with Gasteiger partial charge in [-0.25, -0.2) is 0 Å². The maximum Gasteiger partial charge on any atom is 0.0409 e. The van der Waals surface area contributed by atoms with E-state index in [-0.39, 0.29) is 5.41 Å². The average Bonchev–Trinajstić information content (AvgIpc) is 2.15. The zero-order chi connectivity index (χ0) is 11.1. The molecular weight excluding hydrogens is 206 g/mol. The molecule has 0 spiro atoms. The molecule has 1 nitrogen and oxygen atoms in total. The molecule has 1 aromatic carbocycles. The Hall–Kier alpha value is -0.530. The van der Waals surface area contributed by atoms with E-state index < -0.39 is 0 Å². The summed E-state index contributed by atoms with van der Waals surface area (Å²) in [5.41, 5.74) is 3.10. The fourth-order valence-electron chi connectivity index (χ4n) is 2.28. The topological polar surface area (TPSA) is 12.0 Å². The molecule has 1 N–H and O–H groups in total. The molecule has 1 heterocycles. The van der Waals surface area contributed by atoms with Gasteiger partial charge in [0.25, 0.3) is 0 Å². The lowest BCUT2D eigenvalue weighted by molar-refractivity contribution is 0.296. The van der Waals surface area contributed by atoms with Crippen LogP contribution in [-0.4, -0.2) is 6.54 Å². The van der Waals surface area contributed by atoms with Crippen LogP contribution < -0.4 is 5.32 Å². The smallest absolute Gasteiger partial charge is 0.0409 e. The molecule has 1 atom stereocenters. The van der Waals surface area contributed by atoms with Crippen LogP contribution in [0.1, 0.15) is 37.8 Å². The summed E-state index contributed by atoms with van der Waals surface area (Å²) in [6.07, 6.45) is 0. The van der Waals surface area contributed by atoms with E-state index in [1.165, 1.54) is 11.1 Å². The van der Waals surface area contributed by atoms with Crippen LogP contribution in [0, 0.1) is 5.41 Å². The van der Waals surface area contributed by atoms with Crippen LogP contribution in [0.5, 0.6) is 0 Å². The van der Waals surface area contributed by atoms with E-state index in [4.69, 9.17) is 11.6 Å². The average molecular weight is 224 g/mol. The Bertz CT molecular complexity index is 365. The molecule has 1 unspecified atom stereocenters. The van der Waals surface area contributed by atoms with Crippen molar-refractivity contribution < 1.29 is 0 Å². The molecule has 0 radical (unpaired) electrons. The third-order valence-corrected chi connectivity index (χ3v) is 3.43. The van der Waals surface area contributed by atoms with Crippen LogP contribution in [0.15, 0.2) is 18.2 Å². The summed E-state index contributed by atoms with van der Waals surface area (Å²) in [5, 5.41) is 4.33. The van der Waals surface area contributed by atoms with Gasteiger partial charge in [0.05, 0.1) is 0 Å². The van der Waals surface area contributed by atoms with Crippen LogP contribution in [0.25, 0.3) is 0 Å². The van der Waals surface area contributed by atoms with Gasteiger partial charge in [-0.2, -0.15) is 0 Å². The van der Waals surface area contributed by atoms with Crippen molar-refractivity contribution in [2.75, 3.05) is 6.54 Å². The molecule has 2 rings (SSSR count). The lowest BCUT2D eigenvalue weighted by Crippen LogP contribution is -2.35. The molecular formula is C13H18ClN. The van der Waals surface area contributed by atoms with E-state index in [0.29, 0.717) is 5.92 Å². The molecule has 0 fully saturated rings. The quantitative estimate of drug-likeness (QED) is 0.709. The van der Waals surface area contributed by atoms with Gasteiger partial charge in [-0.15, -0.1) is 0 Å². The molecule has 1 aromatic rings. The van der Waals surface area contributed by atoms with Crippen molar-refractivity contribution in [3.63, 3.8) is 0 Å². The molecule has 1 aliphatic rings. The third-order valence-electron chi connectivity index (χ3n) is 3.19. The lowest BCUT2D eigenvalue weighted by Gasteiger charge is -2.36. The fourth-order valence-corrected chi connectivity index (χ4v) is 2.47.